The summed E-state index contributed by atoms with van der Waals surface area (Å²) >= 11 is 0. The Labute approximate surface area is 132 Å². The minimum absolute atomic E-state index is 0.0776. The number of amides is 1. The van der Waals surface area contributed by atoms with Gasteiger partial charge in [-0.2, -0.15) is 0 Å². The summed E-state index contributed by atoms with van der Waals surface area (Å²) in [6.45, 7) is 3.72. The van der Waals surface area contributed by atoms with Crippen molar-refractivity contribution < 1.29 is 18.8 Å². The molecule has 1 unspecified atom stereocenters. The van der Waals surface area contributed by atoms with Crippen LogP contribution < -0.4 is 14.8 Å². The largest absolute Gasteiger partial charge is 0.504 e. The van der Waals surface area contributed by atoms with E-state index in [9.17, 15) is 14.1 Å². The smallest absolute Gasteiger partial charge is 0.240 e. The molecule has 0 aliphatic carbocycles. The van der Waals surface area contributed by atoms with Crippen LogP contribution in [0, 0.1) is 0 Å². The summed E-state index contributed by atoms with van der Waals surface area (Å²) in [5.41, 5.74) is -0.0441. The molecule has 7 heteroatoms. The van der Waals surface area contributed by atoms with Gasteiger partial charge in [0.2, 0.25) is 5.91 Å². The van der Waals surface area contributed by atoms with Crippen LogP contribution in [0.4, 0.5) is 0 Å². The van der Waals surface area contributed by atoms with E-state index in [1.165, 1.54) is 13.4 Å². The Morgan fingerprint density at radius 2 is 2.09 bits per heavy atom. The molecule has 22 heavy (non-hydrogen) atoms. The Kier molecular flexibility index (Phi) is 5.85. The van der Waals surface area contributed by atoms with Crippen LogP contribution in [0.15, 0.2) is 18.2 Å². The van der Waals surface area contributed by atoms with Crippen LogP contribution in [0.25, 0.3) is 0 Å². The molecular formula is C15H24N2O4S. The lowest BCUT2D eigenvalue weighted by atomic mass is 10.1. The molecule has 0 bridgehead atoms. The Morgan fingerprint density at radius 3 is 2.64 bits per heavy atom. The second-order valence-electron chi connectivity index (χ2n) is 5.74. The topological polar surface area (TPSA) is 87.7 Å². The van der Waals surface area contributed by atoms with Gasteiger partial charge in [-0.15, -0.1) is 0 Å². The van der Waals surface area contributed by atoms with E-state index < -0.39 is 15.2 Å². The van der Waals surface area contributed by atoms with Crippen molar-refractivity contribution in [3.8, 4) is 11.5 Å². The number of phenolic OH excluding ortho intramolecular Hbond substituents is 1. The van der Waals surface area contributed by atoms with E-state index in [2.05, 4.69) is 15.9 Å². The first kappa shape index (κ1) is 18.3. The first-order valence-electron chi connectivity index (χ1n) is 6.80. The highest BCUT2D eigenvalue weighted by molar-refractivity contribution is 7.97. The highest BCUT2D eigenvalue weighted by Gasteiger charge is 2.28. The summed E-state index contributed by atoms with van der Waals surface area (Å²) in [6, 6.07) is 5.04. The zero-order valence-corrected chi connectivity index (χ0v) is 14.3. The van der Waals surface area contributed by atoms with Crippen LogP contribution in [-0.4, -0.2) is 46.5 Å². The fourth-order valence-corrected chi connectivity index (χ4v) is 3.18. The van der Waals surface area contributed by atoms with Crippen LogP contribution in [0.1, 0.15) is 19.4 Å². The molecule has 0 aliphatic rings. The molecule has 0 radical (unpaired) electrons. The fraction of sp³-hybridized carbons (Fsp3) is 0.467. The van der Waals surface area contributed by atoms with Gasteiger partial charge in [-0.25, -0.2) is 4.72 Å². The Bertz CT molecular complexity index is 639. The first-order chi connectivity index (χ1) is 10.0. The summed E-state index contributed by atoms with van der Waals surface area (Å²) < 4.78 is 19.4. The molecular weight excluding hydrogens is 304 g/mol. The summed E-state index contributed by atoms with van der Waals surface area (Å²) in [5, 5.41) is 12.3. The van der Waals surface area contributed by atoms with E-state index in [1.54, 1.807) is 32.0 Å². The summed E-state index contributed by atoms with van der Waals surface area (Å²) in [7, 11) is -0.991. The maximum absolute atomic E-state index is 12.1. The lowest BCUT2D eigenvalue weighted by Crippen LogP contribution is -2.54. The highest BCUT2D eigenvalue weighted by Crippen LogP contribution is 2.26. The van der Waals surface area contributed by atoms with E-state index in [4.69, 9.17) is 4.74 Å². The number of aromatic hydroxyl groups is 1. The van der Waals surface area contributed by atoms with Crippen molar-refractivity contribution in [3.63, 3.8) is 0 Å². The van der Waals surface area contributed by atoms with Crippen molar-refractivity contribution in [1.82, 2.24) is 10.0 Å². The number of phenols is 1. The van der Waals surface area contributed by atoms with E-state index in [1.807, 2.05) is 0 Å². The normalized spacial score (nSPS) is 14.2. The number of nitrogens with one attached hydrogen (secondary N) is 2. The molecule has 0 aliphatic heterocycles. The average molecular weight is 328 g/mol. The van der Waals surface area contributed by atoms with Gasteiger partial charge < -0.3 is 15.2 Å². The maximum Gasteiger partial charge on any atom is 0.240 e. The minimum atomic E-state index is -2.47. The number of carbonyl (C=O) groups is 1. The molecule has 0 spiro atoms. The zero-order valence-electron chi connectivity index (χ0n) is 13.4. The fourth-order valence-electron chi connectivity index (χ4n) is 2.00. The van der Waals surface area contributed by atoms with Gasteiger partial charge >= 0.3 is 0 Å². The van der Waals surface area contributed by atoms with Crippen LogP contribution in [-0.2, 0) is 20.9 Å². The van der Waals surface area contributed by atoms with Crippen molar-refractivity contribution in [3.05, 3.63) is 23.8 Å². The van der Waals surface area contributed by atoms with Crippen molar-refractivity contribution >= 4 is 21.5 Å². The van der Waals surface area contributed by atoms with Crippen LogP contribution in [0.5, 0.6) is 11.5 Å². The third-order valence-corrected chi connectivity index (χ3v) is 3.92. The van der Waals surface area contributed by atoms with Crippen molar-refractivity contribution in [2.45, 2.75) is 25.8 Å². The van der Waals surface area contributed by atoms with E-state index in [0.717, 1.165) is 5.56 Å². The molecule has 1 rings (SSSR count). The van der Waals surface area contributed by atoms with E-state index in [-0.39, 0.29) is 11.7 Å². The Morgan fingerprint density at radius 1 is 1.45 bits per heavy atom. The molecule has 0 heterocycles. The van der Waals surface area contributed by atoms with Gasteiger partial charge in [0.1, 0.15) is 5.54 Å². The molecule has 0 aromatic heterocycles. The number of ether oxygens (including phenoxy) is 1. The number of methoxy groups -OCH3 is 1. The lowest BCUT2D eigenvalue weighted by Gasteiger charge is -2.25. The van der Waals surface area contributed by atoms with Crippen LogP contribution in [0.2, 0.25) is 0 Å². The average Bonchev–Trinajstić information content (AvgIpc) is 2.37. The number of carbonyl (C=O) groups excluding carboxylic acids is 1. The Hall–Kier alpha value is -1.73. The standard InChI is InChI=1S/C15H24N2O4S/c1-15(2,17-22(4,5)20)14(19)16-9-8-11-6-7-12(18)13(10-11)21-3/h6-7,10,18H,4,8-9H2,1-3,5H3,(H,16,19)(H,17,20). The molecule has 1 atom stereocenters. The van der Waals surface area contributed by atoms with Crippen LogP contribution >= 0.6 is 0 Å². The molecule has 0 saturated carbocycles. The van der Waals surface area contributed by atoms with Gasteiger partial charge in [0.25, 0.3) is 0 Å². The van der Waals surface area contributed by atoms with Crippen LogP contribution in [0.3, 0.4) is 0 Å². The van der Waals surface area contributed by atoms with Crippen molar-refractivity contribution in [2.75, 3.05) is 19.9 Å². The van der Waals surface area contributed by atoms with Crippen molar-refractivity contribution in [2.24, 2.45) is 0 Å². The summed E-state index contributed by atoms with van der Waals surface area (Å²) in [6.07, 6.45) is 2.04. The SMILES string of the molecule is C=S(C)(=O)NC(C)(C)C(=O)NCCc1ccc(O)c(OC)c1. The van der Waals surface area contributed by atoms with Gasteiger partial charge in [0, 0.05) is 22.5 Å². The van der Waals surface area contributed by atoms with Gasteiger partial charge in [0.15, 0.2) is 11.5 Å². The molecule has 0 fully saturated rings. The van der Waals surface area contributed by atoms with Gasteiger partial charge in [-0.05, 0) is 43.8 Å². The quantitative estimate of drug-likeness (QED) is 0.643. The van der Waals surface area contributed by atoms with Gasteiger partial charge in [-0.3, -0.25) is 9.00 Å². The van der Waals surface area contributed by atoms with E-state index >= 15 is 0 Å². The highest BCUT2D eigenvalue weighted by atomic mass is 32.2. The third kappa shape index (κ3) is 5.57. The predicted octanol–water partition coefficient (Wildman–Crippen LogP) is 0.689. The molecule has 1 amide bonds. The second kappa shape index (κ2) is 7.02. The molecule has 3 N–H and O–H groups in total. The molecule has 124 valence electrons. The van der Waals surface area contributed by atoms with E-state index in [0.29, 0.717) is 18.7 Å². The second-order valence-corrected chi connectivity index (χ2v) is 7.96. The Balaban J connectivity index is 2.58. The first-order valence-corrected chi connectivity index (χ1v) is 8.94. The monoisotopic (exact) mass is 328 g/mol. The van der Waals surface area contributed by atoms with Gasteiger partial charge in [0.05, 0.1) is 7.11 Å². The summed E-state index contributed by atoms with van der Waals surface area (Å²) in [5.74, 6) is 3.71. The van der Waals surface area contributed by atoms with Gasteiger partial charge in [-0.1, -0.05) is 6.07 Å². The predicted molar refractivity (Wildman–Crippen MR) is 89.8 cm³/mol. The molecule has 1 aromatic carbocycles. The number of hydrogen-bond donors (Lipinski definition) is 3. The molecule has 0 saturated heterocycles. The number of hydrogen-bond acceptors (Lipinski definition) is 4. The van der Waals surface area contributed by atoms with Crippen molar-refractivity contribution in [1.29, 1.82) is 0 Å². The third-order valence-electron chi connectivity index (χ3n) is 2.98. The number of rotatable bonds is 7. The summed E-state index contributed by atoms with van der Waals surface area (Å²) in [4.78, 5) is 12.1. The molecule has 6 nitrogen and oxygen atoms in total. The number of benzene rings is 1. The molecule has 1 aromatic rings. The maximum atomic E-state index is 12.1. The minimum Gasteiger partial charge on any atom is -0.504 e. The zero-order chi connectivity index (χ0) is 17.0. The lowest BCUT2D eigenvalue weighted by molar-refractivity contribution is -0.125.